The molecule has 1 heterocycles. The Morgan fingerprint density at radius 3 is 2.67 bits per heavy atom. The van der Waals surface area contributed by atoms with Gasteiger partial charge in [0.2, 0.25) is 0 Å². The molecule has 3 rings (SSSR count). The van der Waals surface area contributed by atoms with Crippen molar-refractivity contribution in [2.24, 2.45) is 10.8 Å². The number of likely N-dealkylation sites (tertiary alicyclic amines) is 1. The van der Waals surface area contributed by atoms with E-state index in [-0.39, 0.29) is 29.4 Å². The molecule has 1 aromatic carbocycles. The quantitative estimate of drug-likeness (QED) is 0.561. The van der Waals surface area contributed by atoms with Crippen molar-refractivity contribution in [2.75, 3.05) is 26.5 Å². The van der Waals surface area contributed by atoms with E-state index in [1.54, 1.807) is 23.9 Å². The molecule has 1 saturated carbocycles. The molecule has 2 aliphatic rings. The number of esters is 1. The van der Waals surface area contributed by atoms with Crippen LogP contribution in [-0.2, 0) is 9.53 Å². The van der Waals surface area contributed by atoms with Gasteiger partial charge in [0.15, 0.2) is 6.61 Å². The van der Waals surface area contributed by atoms with E-state index in [4.69, 9.17) is 9.47 Å². The summed E-state index contributed by atoms with van der Waals surface area (Å²) in [5, 5.41) is 0. The molecule has 0 aromatic heterocycles. The molecule has 1 aromatic rings. The standard InChI is InChI=1S/C21H29NO4S/c1-20(2)9-14-10-21(3,12-20)13-22(14)18(23)11-26-19(24)16-7-6-15(27-5)8-17(16)25-4/h6-8,14H,9-13H2,1-5H3/t14-,21+/m1/s1. The van der Waals surface area contributed by atoms with Gasteiger partial charge in [-0.1, -0.05) is 20.8 Å². The van der Waals surface area contributed by atoms with Gasteiger partial charge in [0.1, 0.15) is 11.3 Å². The molecular formula is C21H29NO4S. The third-order valence-corrected chi connectivity index (χ3v) is 6.42. The normalized spacial score (nSPS) is 26.0. The average molecular weight is 392 g/mol. The third kappa shape index (κ3) is 4.26. The van der Waals surface area contributed by atoms with E-state index in [9.17, 15) is 9.59 Å². The molecule has 1 aliphatic carbocycles. The van der Waals surface area contributed by atoms with Crippen LogP contribution in [0.3, 0.4) is 0 Å². The highest BCUT2D eigenvalue weighted by Gasteiger charge is 2.50. The molecule has 2 atom stereocenters. The monoisotopic (exact) mass is 391 g/mol. The molecule has 27 heavy (non-hydrogen) atoms. The Bertz CT molecular complexity index is 748. The van der Waals surface area contributed by atoms with E-state index in [1.807, 2.05) is 17.2 Å². The number of methoxy groups -OCH3 is 1. The first-order chi connectivity index (χ1) is 12.7. The summed E-state index contributed by atoms with van der Waals surface area (Å²) in [4.78, 5) is 28.1. The molecule has 148 valence electrons. The summed E-state index contributed by atoms with van der Waals surface area (Å²) < 4.78 is 10.6. The molecule has 0 unspecified atom stereocenters. The number of amides is 1. The minimum Gasteiger partial charge on any atom is -0.496 e. The predicted molar refractivity (Wildman–Crippen MR) is 106 cm³/mol. The molecule has 2 fully saturated rings. The Labute approximate surface area is 165 Å². The maximum Gasteiger partial charge on any atom is 0.342 e. The summed E-state index contributed by atoms with van der Waals surface area (Å²) in [5.74, 6) is -0.165. The van der Waals surface area contributed by atoms with Gasteiger partial charge in [0, 0.05) is 17.5 Å². The van der Waals surface area contributed by atoms with Crippen molar-refractivity contribution in [3.8, 4) is 5.75 Å². The Morgan fingerprint density at radius 1 is 1.26 bits per heavy atom. The highest BCUT2D eigenvalue weighted by molar-refractivity contribution is 7.98. The van der Waals surface area contributed by atoms with Gasteiger partial charge < -0.3 is 14.4 Å². The van der Waals surface area contributed by atoms with Gasteiger partial charge >= 0.3 is 5.97 Å². The molecule has 2 bridgehead atoms. The van der Waals surface area contributed by atoms with E-state index >= 15 is 0 Å². The van der Waals surface area contributed by atoms with E-state index < -0.39 is 5.97 Å². The van der Waals surface area contributed by atoms with Crippen molar-refractivity contribution in [3.05, 3.63) is 23.8 Å². The van der Waals surface area contributed by atoms with Gasteiger partial charge in [0.05, 0.1) is 7.11 Å². The van der Waals surface area contributed by atoms with Crippen LogP contribution < -0.4 is 4.74 Å². The molecule has 1 saturated heterocycles. The number of benzene rings is 1. The maximum absolute atomic E-state index is 12.7. The lowest BCUT2D eigenvalue weighted by atomic mass is 9.65. The summed E-state index contributed by atoms with van der Waals surface area (Å²) >= 11 is 1.57. The number of thioether (sulfide) groups is 1. The summed E-state index contributed by atoms with van der Waals surface area (Å²) in [5.41, 5.74) is 0.759. The second-order valence-corrected chi connectivity index (χ2v) is 9.76. The van der Waals surface area contributed by atoms with Crippen molar-refractivity contribution in [3.63, 3.8) is 0 Å². The first-order valence-corrected chi connectivity index (χ1v) is 10.6. The van der Waals surface area contributed by atoms with Gasteiger partial charge in [-0.05, 0) is 54.5 Å². The number of hydrogen-bond donors (Lipinski definition) is 0. The van der Waals surface area contributed by atoms with Crippen LogP contribution in [0.15, 0.2) is 23.1 Å². The first-order valence-electron chi connectivity index (χ1n) is 9.35. The van der Waals surface area contributed by atoms with Gasteiger partial charge in [-0.3, -0.25) is 4.79 Å². The van der Waals surface area contributed by atoms with Crippen LogP contribution in [0.1, 0.15) is 50.4 Å². The number of hydrogen-bond acceptors (Lipinski definition) is 5. The molecule has 5 nitrogen and oxygen atoms in total. The van der Waals surface area contributed by atoms with Crippen LogP contribution in [0.4, 0.5) is 0 Å². The summed E-state index contributed by atoms with van der Waals surface area (Å²) in [6.45, 7) is 7.34. The highest BCUT2D eigenvalue weighted by Crippen LogP contribution is 2.52. The minimum atomic E-state index is -0.526. The molecule has 0 radical (unpaired) electrons. The van der Waals surface area contributed by atoms with Crippen molar-refractivity contribution in [2.45, 2.75) is 51.0 Å². The van der Waals surface area contributed by atoms with Gasteiger partial charge in [-0.15, -0.1) is 11.8 Å². The van der Waals surface area contributed by atoms with Crippen molar-refractivity contribution in [1.82, 2.24) is 4.90 Å². The SMILES string of the molecule is COc1cc(SC)ccc1C(=O)OCC(=O)N1C[C@@]2(C)C[C@H]1CC(C)(C)C2. The van der Waals surface area contributed by atoms with Gasteiger partial charge in [0.25, 0.3) is 5.91 Å². The van der Waals surface area contributed by atoms with E-state index in [0.29, 0.717) is 11.3 Å². The maximum atomic E-state index is 12.7. The molecule has 1 aliphatic heterocycles. The van der Waals surface area contributed by atoms with E-state index in [1.165, 1.54) is 7.11 Å². The smallest absolute Gasteiger partial charge is 0.342 e. The van der Waals surface area contributed by atoms with E-state index in [0.717, 1.165) is 30.7 Å². The first kappa shape index (κ1) is 20.1. The Kier molecular flexibility index (Phi) is 5.48. The van der Waals surface area contributed by atoms with Crippen LogP contribution >= 0.6 is 11.8 Å². The number of ether oxygens (including phenoxy) is 2. The average Bonchev–Trinajstić information content (AvgIpc) is 2.87. The number of fused-ring (bicyclic) bond motifs is 2. The zero-order valence-corrected chi connectivity index (χ0v) is 17.6. The lowest BCUT2D eigenvalue weighted by Gasteiger charge is -2.39. The zero-order chi connectivity index (χ0) is 19.8. The van der Waals surface area contributed by atoms with Crippen LogP contribution in [0.5, 0.6) is 5.75 Å². The zero-order valence-electron chi connectivity index (χ0n) is 16.8. The third-order valence-electron chi connectivity index (χ3n) is 5.69. The fourth-order valence-electron chi connectivity index (χ4n) is 5.01. The highest BCUT2D eigenvalue weighted by atomic mass is 32.2. The largest absolute Gasteiger partial charge is 0.496 e. The van der Waals surface area contributed by atoms with Crippen molar-refractivity contribution >= 4 is 23.6 Å². The number of rotatable bonds is 5. The molecule has 0 N–H and O–H groups in total. The van der Waals surface area contributed by atoms with Crippen LogP contribution in [0.2, 0.25) is 0 Å². The number of carbonyl (C=O) groups excluding carboxylic acids is 2. The second kappa shape index (κ2) is 7.38. The number of nitrogens with zero attached hydrogens (tertiary/aromatic N) is 1. The Hall–Kier alpha value is -1.69. The van der Waals surface area contributed by atoms with Crippen LogP contribution in [0.25, 0.3) is 0 Å². The molecular weight excluding hydrogens is 362 g/mol. The fraction of sp³-hybridized carbons (Fsp3) is 0.619. The second-order valence-electron chi connectivity index (χ2n) is 8.88. The topological polar surface area (TPSA) is 55.8 Å². The lowest BCUT2D eigenvalue weighted by Crippen LogP contribution is -2.39. The Morgan fingerprint density at radius 2 is 2.00 bits per heavy atom. The van der Waals surface area contributed by atoms with Crippen LogP contribution in [0, 0.1) is 10.8 Å². The summed E-state index contributed by atoms with van der Waals surface area (Å²) in [6.07, 6.45) is 5.13. The minimum absolute atomic E-state index is 0.102. The lowest BCUT2D eigenvalue weighted by molar-refractivity contribution is -0.135. The Balaban J connectivity index is 1.64. The predicted octanol–water partition coefficient (Wildman–Crippen LogP) is 4.00. The van der Waals surface area contributed by atoms with E-state index in [2.05, 4.69) is 20.8 Å². The van der Waals surface area contributed by atoms with Crippen molar-refractivity contribution in [1.29, 1.82) is 0 Å². The molecule has 0 spiro atoms. The summed E-state index contributed by atoms with van der Waals surface area (Å²) in [6, 6.07) is 5.58. The molecule has 1 amide bonds. The number of carbonyl (C=O) groups is 2. The molecule has 6 heteroatoms. The van der Waals surface area contributed by atoms with Gasteiger partial charge in [-0.25, -0.2) is 4.79 Å². The van der Waals surface area contributed by atoms with Crippen molar-refractivity contribution < 1.29 is 19.1 Å². The summed E-state index contributed by atoms with van der Waals surface area (Å²) in [7, 11) is 1.52. The van der Waals surface area contributed by atoms with Crippen LogP contribution in [-0.4, -0.2) is 49.3 Å². The van der Waals surface area contributed by atoms with Gasteiger partial charge in [-0.2, -0.15) is 0 Å². The fourth-order valence-corrected chi connectivity index (χ4v) is 5.44.